The maximum Gasteiger partial charge on any atom is 0.407 e. The summed E-state index contributed by atoms with van der Waals surface area (Å²) < 4.78 is 5.24. The Morgan fingerprint density at radius 2 is 1.73 bits per heavy atom. The Hall–Kier alpha value is -3.03. The molecule has 41 heavy (non-hydrogen) atoms. The Kier molecular flexibility index (Phi) is 14.0. The zero-order valence-electron chi connectivity index (χ0n) is 25.4. The molecule has 0 saturated carbocycles. The lowest BCUT2D eigenvalue weighted by Crippen LogP contribution is -2.72. The quantitative estimate of drug-likeness (QED) is 0.228. The van der Waals surface area contributed by atoms with Crippen LogP contribution in [0.4, 0.5) is 4.79 Å². The highest BCUT2D eigenvalue weighted by atomic mass is 16.5. The van der Waals surface area contributed by atoms with Gasteiger partial charge in [-0.05, 0) is 63.1 Å². The number of likely N-dealkylation sites (tertiary alicyclic amines) is 1. The van der Waals surface area contributed by atoms with Crippen molar-refractivity contribution in [3.8, 4) is 0 Å². The first-order valence-electron chi connectivity index (χ1n) is 16.0. The lowest BCUT2D eigenvalue weighted by molar-refractivity contribution is -0.161. The summed E-state index contributed by atoms with van der Waals surface area (Å²) in [5.74, 6) is 0.0302. The number of hydrogen-bond acceptors (Lipinski definition) is 5. The Morgan fingerprint density at radius 3 is 2.46 bits per heavy atom. The van der Waals surface area contributed by atoms with Gasteiger partial charge in [-0.2, -0.15) is 0 Å². The first-order chi connectivity index (χ1) is 20.0. The molecule has 1 spiro atoms. The number of unbranched alkanes of at least 4 members (excludes halogenated alkanes) is 7. The molecule has 8 heteroatoms. The summed E-state index contributed by atoms with van der Waals surface area (Å²) in [5.41, 5.74) is 0.200. The van der Waals surface area contributed by atoms with Crippen molar-refractivity contribution in [2.24, 2.45) is 0 Å². The van der Waals surface area contributed by atoms with E-state index in [2.05, 4.69) is 41.7 Å². The second kappa shape index (κ2) is 17.7. The summed E-state index contributed by atoms with van der Waals surface area (Å²) in [4.78, 5) is 43.2. The van der Waals surface area contributed by atoms with E-state index in [0.717, 1.165) is 37.9 Å². The number of piperazine rings is 1. The van der Waals surface area contributed by atoms with E-state index in [1.807, 2.05) is 35.2 Å². The molecule has 2 aliphatic heterocycles. The van der Waals surface area contributed by atoms with Gasteiger partial charge in [-0.1, -0.05) is 82.4 Å². The SMILES string of the molecule is CCCCCCCC/C=C\N1CCC2(CC1)C(=O)N[C@@H](CCCCNC(=O)OCc1ccccc1)C(=O)N2CCC. The first-order valence-corrected chi connectivity index (χ1v) is 16.0. The molecule has 228 valence electrons. The number of amides is 3. The molecule has 2 saturated heterocycles. The van der Waals surface area contributed by atoms with Crippen LogP contribution in [0.5, 0.6) is 0 Å². The average molecular weight is 569 g/mol. The van der Waals surface area contributed by atoms with Gasteiger partial charge in [-0.3, -0.25) is 9.59 Å². The van der Waals surface area contributed by atoms with E-state index in [0.29, 0.717) is 38.8 Å². The van der Waals surface area contributed by atoms with Gasteiger partial charge >= 0.3 is 6.09 Å². The van der Waals surface area contributed by atoms with Crippen molar-refractivity contribution in [3.05, 3.63) is 48.2 Å². The highest BCUT2D eigenvalue weighted by Crippen LogP contribution is 2.34. The minimum atomic E-state index is -0.739. The molecule has 0 unspecified atom stereocenters. The van der Waals surface area contributed by atoms with Crippen LogP contribution in [0.1, 0.15) is 103 Å². The van der Waals surface area contributed by atoms with Gasteiger partial charge in [0.25, 0.3) is 0 Å². The Morgan fingerprint density at radius 1 is 1.00 bits per heavy atom. The number of allylic oxidation sites excluding steroid dienone is 1. The third-order valence-corrected chi connectivity index (χ3v) is 8.32. The summed E-state index contributed by atoms with van der Waals surface area (Å²) >= 11 is 0. The van der Waals surface area contributed by atoms with Gasteiger partial charge in [-0.15, -0.1) is 0 Å². The van der Waals surface area contributed by atoms with E-state index >= 15 is 0 Å². The topological polar surface area (TPSA) is 91.0 Å². The predicted molar refractivity (Wildman–Crippen MR) is 163 cm³/mol. The van der Waals surface area contributed by atoms with Gasteiger partial charge < -0.3 is 25.2 Å². The van der Waals surface area contributed by atoms with Crippen molar-refractivity contribution < 1.29 is 19.1 Å². The van der Waals surface area contributed by atoms with Crippen LogP contribution in [0, 0.1) is 0 Å². The third-order valence-electron chi connectivity index (χ3n) is 8.32. The molecular formula is C33H52N4O4. The molecule has 1 atom stereocenters. The van der Waals surface area contributed by atoms with Crippen molar-refractivity contribution in [1.82, 2.24) is 20.4 Å². The highest BCUT2D eigenvalue weighted by molar-refractivity contribution is 6.00. The summed E-state index contributed by atoms with van der Waals surface area (Å²) in [5, 5.41) is 5.84. The molecule has 0 bridgehead atoms. The van der Waals surface area contributed by atoms with Crippen LogP contribution < -0.4 is 10.6 Å². The maximum absolute atomic E-state index is 13.5. The van der Waals surface area contributed by atoms with E-state index in [1.165, 1.54) is 38.5 Å². The van der Waals surface area contributed by atoms with Crippen molar-refractivity contribution in [1.29, 1.82) is 0 Å². The molecular weight excluding hydrogens is 516 g/mol. The van der Waals surface area contributed by atoms with E-state index in [4.69, 9.17) is 4.74 Å². The molecule has 1 aromatic carbocycles. The van der Waals surface area contributed by atoms with Gasteiger partial charge in [0.1, 0.15) is 18.2 Å². The Labute approximate surface area is 247 Å². The van der Waals surface area contributed by atoms with Gasteiger partial charge in [0.2, 0.25) is 11.8 Å². The molecule has 1 aromatic rings. The molecule has 3 amide bonds. The van der Waals surface area contributed by atoms with Crippen LogP contribution in [0.15, 0.2) is 42.6 Å². The standard InChI is InChI=1S/C33H52N4O4/c1-3-5-6-7-8-9-10-16-24-36-25-20-33(21-26-36)31(39)35-29(30(38)37(33)23-4-2)19-14-15-22-34-32(40)41-27-28-17-12-11-13-18-28/h11-13,16-18,24,29H,3-10,14-15,19-23,25-27H2,1-2H3,(H,34,40)(H,35,39)/b24-16-/t29-/m0/s1. The van der Waals surface area contributed by atoms with E-state index in [9.17, 15) is 14.4 Å². The number of hydrogen-bond donors (Lipinski definition) is 2. The highest BCUT2D eigenvalue weighted by Gasteiger charge is 2.52. The summed E-state index contributed by atoms with van der Waals surface area (Å²) in [6, 6.07) is 9.05. The Bertz CT molecular complexity index is 959. The van der Waals surface area contributed by atoms with Crippen LogP contribution in [-0.2, 0) is 20.9 Å². The monoisotopic (exact) mass is 568 g/mol. The second-order valence-electron chi connectivity index (χ2n) is 11.5. The van der Waals surface area contributed by atoms with Gasteiger partial charge in [0, 0.05) is 26.2 Å². The number of piperidine rings is 1. The third kappa shape index (κ3) is 10.1. The lowest BCUT2D eigenvalue weighted by Gasteiger charge is -2.51. The van der Waals surface area contributed by atoms with Gasteiger partial charge in [0.15, 0.2) is 0 Å². The number of nitrogens with one attached hydrogen (secondary N) is 2. The van der Waals surface area contributed by atoms with Crippen LogP contribution in [0.25, 0.3) is 0 Å². The van der Waals surface area contributed by atoms with Gasteiger partial charge in [-0.25, -0.2) is 4.79 Å². The fourth-order valence-corrected chi connectivity index (χ4v) is 5.86. The normalized spacial score (nSPS) is 18.6. The minimum Gasteiger partial charge on any atom is -0.445 e. The van der Waals surface area contributed by atoms with Gasteiger partial charge in [0.05, 0.1) is 0 Å². The number of rotatable bonds is 17. The molecule has 2 aliphatic rings. The fourth-order valence-electron chi connectivity index (χ4n) is 5.86. The number of benzene rings is 1. The molecule has 2 fully saturated rings. The smallest absolute Gasteiger partial charge is 0.407 e. The molecule has 3 rings (SSSR count). The van der Waals surface area contributed by atoms with Crippen LogP contribution in [-0.4, -0.2) is 65.5 Å². The minimum absolute atomic E-state index is 0.00567. The van der Waals surface area contributed by atoms with Crippen molar-refractivity contribution in [2.75, 3.05) is 26.2 Å². The van der Waals surface area contributed by atoms with Crippen LogP contribution >= 0.6 is 0 Å². The molecule has 8 nitrogen and oxygen atoms in total. The molecule has 0 aromatic heterocycles. The zero-order valence-corrected chi connectivity index (χ0v) is 25.4. The number of alkyl carbamates (subject to hydrolysis) is 1. The zero-order chi connectivity index (χ0) is 29.3. The predicted octanol–water partition coefficient (Wildman–Crippen LogP) is 5.92. The maximum atomic E-state index is 13.5. The van der Waals surface area contributed by atoms with Crippen LogP contribution in [0.2, 0.25) is 0 Å². The van der Waals surface area contributed by atoms with Crippen molar-refractivity contribution >= 4 is 17.9 Å². The molecule has 2 heterocycles. The fraction of sp³-hybridized carbons (Fsp3) is 0.667. The summed E-state index contributed by atoms with van der Waals surface area (Å²) in [6.07, 6.45) is 17.1. The number of nitrogens with zero attached hydrogens (tertiary/aromatic N) is 2. The van der Waals surface area contributed by atoms with Crippen LogP contribution in [0.3, 0.4) is 0 Å². The van der Waals surface area contributed by atoms with E-state index < -0.39 is 17.7 Å². The number of ether oxygens (including phenoxy) is 1. The van der Waals surface area contributed by atoms with E-state index in [1.54, 1.807) is 0 Å². The second-order valence-corrected chi connectivity index (χ2v) is 11.5. The number of carbonyl (C=O) groups is 3. The van der Waals surface area contributed by atoms with Crippen molar-refractivity contribution in [3.63, 3.8) is 0 Å². The van der Waals surface area contributed by atoms with E-state index in [-0.39, 0.29) is 18.4 Å². The molecule has 0 radical (unpaired) electrons. The first kappa shape index (κ1) is 32.5. The average Bonchev–Trinajstić information content (AvgIpc) is 2.99. The lowest BCUT2D eigenvalue weighted by atomic mass is 9.81. The Balaban J connectivity index is 1.38. The largest absolute Gasteiger partial charge is 0.445 e. The summed E-state index contributed by atoms with van der Waals surface area (Å²) in [6.45, 7) is 7.17. The van der Waals surface area contributed by atoms with Crippen molar-refractivity contribution in [2.45, 2.75) is 116 Å². The molecule has 0 aliphatic carbocycles. The number of carbonyl (C=O) groups excluding carboxylic acids is 3. The summed E-state index contributed by atoms with van der Waals surface area (Å²) in [7, 11) is 0. The molecule has 2 N–H and O–H groups in total.